The maximum Gasteiger partial charge on any atom is 0.417 e. The van der Waals surface area contributed by atoms with Crippen molar-refractivity contribution in [1.29, 1.82) is 0 Å². The van der Waals surface area contributed by atoms with E-state index in [1.54, 1.807) is 24.3 Å². The second kappa shape index (κ2) is 8.80. The van der Waals surface area contributed by atoms with Gasteiger partial charge in [-0.3, -0.25) is 9.78 Å². The SMILES string of the molecule is O=C(NCC(F)(F)c1ncc(-c2cccc(Cl)c2)cc1Cl)c1ccccc1C(F)(F)F. The number of alkyl halides is 5. The van der Waals surface area contributed by atoms with E-state index in [1.165, 1.54) is 18.3 Å². The second-order valence-corrected chi connectivity index (χ2v) is 7.34. The molecule has 0 radical (unpaired) electrons. The van der Waals surface area contributed by atoms with Crippen LogP contribution >= 0.6 is 23.2 Å². The van der Waals surface area contributed by atoms with Gasteiger partial charge in [-0.25, -0.2) is 0 Å². The summed E-state index contributed by atoms with van der Waals surface area (Å²) in [6.07, 6.45) is -3.64. The quantitative estimate of drug-likeness (QED) is 0.423. The molecule has 0 unspecified atom stereocenters. The smallest absolute Gasteiger partial charge is 0.346 e. The summed E-state index contributed by atoms with van der Waals surface area (Å²) >= 11 is 11.9. The third kappa shape index (κ3) is 5.32. The Hall–Kier alpha value is -2.71. The molecule has 0 spiro atoms. The van der Waals surface area contributed by atoms with Crippen LogP contribution in [0.25, 0.3) is 11.1 Å². The van der Waals surface area contributed by atoms with Crippen molar-refractivity contribution in [1.82, 2.24) is 10.3 Å². The summed E-state index contributed by atoms with van der Waals surface area (Å²) in [5.74, 6) is -5.02. The molecule has 0 saturated carbocycles. The van der Waals surface area contributed by atoms with E-state index in [4.69, 9.17) is 23.2 Å². The molecule has 0 aliphatic carbocycles. The number of halogens is 7. The van der Waals surface area contributed by atoms with Crippen LogP contribution in [0.15, 0.2) is 60.8 Å². The van der Waals surface area contributed by atoms with E-state index in [-0.39, 0.29) is 5.02 Å². The zero-order valence-corrected chi connectivity index (χ0v) is 17.0. The summed E-state index contributed by atoms with van der Waals surface area (Å²) in [6, 6.07) is 11.8. The Morgan fingerprint density at radius 3 is 2.29 bits per heavy atom. The first-order valence-corrected chi connectivity index (χ1v) is 9.49. The van der Waals surface area contributed by atoms with E-state index >= 15 is 0 Å². The monoisotopic (exact) mass is 474 g/mol. The van der Waals surface area contributed by atoms with E-state index in [2.05, 4.69) is 4.98 Å². The summed E-state index contributed by atoms with van der Waals surface area (Å²) in [5, 5.41) is 1.89. The van der Waals surface area contributed by atoms with E-state index in [1.807, 2.05) is 5.32 Å². The Labute approximate surface area is 183 Å². The van der Waals surface area contributed by atoms with Gasteiger partial charge in [0.2, 0.25) is 0 Å². The molecule has 162 valence electrons. The first kappa shape index (κ1) is 23.0. The molecule has 3 nitrogen and oxygen atoms in total. The lowest BCUT2D eigenvalue weighted by molar-refractivity contribution is -0.137. The molecule has 3 aromatic rings. The van der Waals surface area contributed by atoms with Crippen LogP contribution in [-0.4, -0.2) is 17.4 Å². The highest BCUT2D eigenvalue weighted by atomic mass is 35.5. The highest BCUT2D eigenvalue weighted by Crippen LogP contribution is 2.35. The lowest BCUT2D eigenvalue weighted by atomic mass is 10.1. The van der Waals surface area contributed by atoms with Gasteiger partial charge in [-0.15, -0.1) is 0 Å². The van der Waals surface area contributed by atoms with E-state index in [0.29, 0.717) is 22.2 Å². The zero-order valence-electron chi connectivity index (χ0n) is 15.5. The Balaban J connectivity index is 1.79. The van der Waals surface area contributed by atoms with E-state index < -0.39 is 41.4 Å². The van der Waals surface area contributed by atoms with Crippen molar-refractivity contribution in [3.05, 3.63) is 87.7 Å². The number of aromatic nitrogens is 1. The number of amides is 1. The molecule has 0 fully saturated rings. The van der Waals surface area contributed by atoms with Gasteiger partial charge in [0, 0.05) is 16.8 Å². The fraction of sp³-hybridized carbons (Fsp3) is 0.143. The van der Waals surface area contributed by atoms with Crippen molar-refractivity contribution in [2.24, 2.45) is 0 Å². The normalized spacial score (nSPS) is 12.0. The second-order valence-electron chi connectivity index (χ2n) is 6.50. The maximum absolute atomic E-state index is 14.6. The molecular formula is C21H13Cl2F5N2O. The van der Waals surface area contributed by atoms with Crippen LogP contribution in [0.5, 0.6) is 0 Å². The minimum absolute atomic E-state index is 0.368. The van der Waals surface area contributed by atoms with E-state index in [0.717, 1.165) is 12.1 Å². The first-order valence-electron chi connectivity index (χ1n) is 8.73. The number of nitrogens with one attached hydrogen (secondary N) is 1. The van der Waals surface area contributed by atoms with Gasteiger partial charge in [-0.2, -0.15) is 22.0 Å². The van der Waals surface area contributed by atoms with Gasteiger partial charge in [0.05, 0.1) is 22.7 Å². The number of hydrogen-bond acceptors (Lipinski definition) is 2. The number of benzene rings is 2. The van der Waals surface area contributed by atoms with Gasteiger partial charge in [0.1, 0.15) is 5.69 Å². The van der Waals surface area contributed by atoms with Crippen molar-refractivity contribution >= 4 is 29.1 Å². The molecular weight excluding hydrogens is 462 g/mol. The molecule has 31 heavy (non-hydrogen) atoms. The summed E-state index contributed by atoms with van der Waals surface area (Å²) in [4.78, 5) is 15.8. The third-order valence-corrected chi connectivity index (χ3v) is 4.82. The van der Waals surface area contributed by atoms with Crippen LogP contribution in [0.1, 0.15) is 21.6 Å². The highest BCUT2D eigenvalue weighted by Gasteiger charge is 2.38. The Morgan fingerprint density at radius 2 is 1.65 bits per heavy atom. The largest absolute Gasteiger partial charge is 0.417 e. The van der Waals surface area contributed by atoms with Gasteiger partial charge in [-0.1, -0.05) is 47.5 Å². The van der Waals surface area contributed by atoms with Gasteiger partial charge < -0.3 is 5.32 Å². The third-order valence-electron chi connectivity index (χ3n) is 4.29. The molecule has 3 rings (SSSR count). The first-order chi connectivity index (χ1) is 14.5. The molecule has 10 heteroatoms. The minimum atomic E-state index is -4.81. The maximum atomic E-state index is 14.6. The lowest BCUT2D eigenvalue weighted by Gasteiger charge is -2.19. The number of pyridine rings is 1. The molecule has 1 aromatic heterocycles. The summed E-state index contributed by atoms with van der Waals surface area (Å²) in [6.45, 7) is -1.29. The van der Waals surface area contributed by atoms with Crippen molar-refractivity contribution in [3.63, 3.8) is 0 Å². The number of carbonyl (C=O) groups is 1. The Bertz CT molecular complexity index is 1120. The predicted molar refractivity (Wildman–Crippen MR) is 107 cm³/mol. The summed E-state index contributed by atoms with van der Waals surface area (Å²) in [5.41, 5.74) is -1.76. The molecule has 1 heterocycles. The van der Waals surface area contributed by atoms with Crippen LogP contribution in [0.2, 0.25) is 10.0 Å². The van der Waals surface area contributed by atoms with Gasteiger partial charge >= 0.3 is 12.1 Å². The topological polar surface area (TPSA) is 42.0 Å². The van der Waals surface area contributed by atoms with Gasteiger partial charge in [0.25, 0.3) is 5.91 Å². The van der Waals surface area contributed by atoms with Gasteiger partial charge in [0.15, 0.2) is 0 Å². The number of rotatable bonds is 5. The van der Waals surface area contributed by atoms with E-state index in [9.17, 15) is 26.7 Å². The number of hydrogen-bond donors (Lipinski definition) is 1. The molecule has 0 atom stereocenters. The average Bonchev–Trinajstić information content (AvgIpc) is 2.71. The minimum Gasteiger partial charge on any atom is -0.346 e. The van der Waals surface area contributed by atoms with Crippen LogP contribution in [0.3, 0.4) is 0 Å². The Kier molecular flexibility index (Phi) is 6.52. The zero-order chi connectivity index (χ0) is 22.8. The van der Waals surface area contributed by atoms with Crippen molar-refractivity contribution in [2.45, 2.75) is 12.1 Å². The fourth-order valence-electron chi connectivity index (χ4n) is 2.83. The number of carbonyl (C=O) groups excluding carboxylic acids is 1. The van der Waals surface area contributed by atoms with Gasteiger partial charge in [-0.05, 0) is 35.9 Å². The van der Waals surface area contributed by atoms with Crippen molar-refractivity contribution in [3.8, 4) is 11.1 Å². The van der Waals surface area contributed by atoms with Crippen LogP contribution in [-0.2, 0) is 12.1 Å². The average molecular weight is 475 g/mol. The molecule has 1 N–H and O–H groups in total. The fourth-order valence-corrected chi connectivity index (χ4v) is 3.33. The molecule has 1 amide bonds. The molecule has 0 aliphatic rings. The highest BCUT2D eigenvalue weighted by molar-refractivity contribution is 6.32. The molecule has 0 saturated heterocycles. The van der Waals surface area contributed by atoms with Crippen molar-refractivity contribution < 1.29 is 26.7 Å². The number of nitrogens with zero attached hydrogens (tertiary/aromatic N) is 1. The Morgan fingerprint density at radius 1 is 0.935 bits per heavy atom. The van der Waals surface area contributed by atoms with Crippen molar-refractivity contribution in [2.75, 3.05) is 6.54 Å². The van der Waals surface area contributed by atoms with Crippen LogP contribution < -0.4 is 5.32 Å². The van der Waals surface area contributed by atoms with Crippen LogP contribution in [0, 0.1) is 0 Å². The summed E-state index contributed by atoms with van der Waals surface area (Å²) < 4.78 is 68.4. The predicted octanol–water partition coefficient (Wildman–Crippen LogP) is 6.60. The lowest BCUT2D eigenvalue weighted by Crippen LogP contribution is -2.36. The van der Waals surface area contributed by atoms with Crippen LogP contribution in [0.4, 0.5) is 22.0 Å². The standard InChI is InChI=1S/C21H13Cl2F5N2O/c22-14-5-3-4-12(8-14)13-9-17(23)18(29-10-13)20(24,25)11-30-19(31)15-6-1-2-7-16(15)21(26,27)28/h1-10H,11H2,(H,30,31). The summed E-state index contributed by atoms with van der Waals surface area (Å²) in [7, 11) is 0. The molecule has 0 bridgehead atoms. The molecule has 2 aromatic carbocycles. The molecule has 0 aliphatic heterocycles.